The van der Waals surface area contributed by atoms with E-state index in [1.807, 2.05) is 47.8 Å². The number of primary amides is 1. The number of carbonyl (C=O) groups is 2. The number of nitriles is 1. The van der Waals surface area contributed by atoms with Gasteiger partial charge in [0.2, 0.25) is 0 Å². The molecular weight excluding hydrogens is 390 g/mol. The molecule has 0 aliphatic carbocycles. The van der Waals surface area contributed by atoms with Crippen LogP contribution in [-0.4, -0.2) is 11.9 Å². The average molecular weight is 406 g/mol. The third-order valence-electron chi connectivity index (χ3n) is 4.13. The van der Waals surface area contributed by atoms with Gasteiger partial charge in [0.05, 0.1) is 0 Å². The van der Waals surface area contributed by atoms with Crippen LogP contribution in [0.3, 0.4) is 0 Å². The van der Waals surface area contributed by atoms with Gasteiger partial charge in [-0.05, 0) is 40.6 Å². The first kappa shape index (κ1) is 19.9. The number of nitrogens with zero attached hydrogens (tertiary/aromatic N) is 1. The second-order valence-corrected chi connectivity index (χ2v) is 6.54. The zero-order valence-corrected chi connectivity index (χ0v) is 15.9. The largest absolute Gasteiger partial charge is 0.488 e. The maximum Gasteiger partial charge on any atom is 0.319 e. The van der Waals surface area contributed by atoms with Gasteiger partial charge in [0.15, 0.2) is 0 Å². The molecule has 0 unspecified atom stereocenters. The van der Waals surface area contributed by atoms with E-state index < -0.39 is 11.9 Å². The lowest BCUT2D eigenvalue weighted by molar-refractivity contribution is -0.115. The number of carbonyl (C=O) groups excluding carboxylic acids is 2. The van der Waals surface area contributed by atoms with Gasteiger partial charge in [-0.3, -0.25) is 10.1 Å². The maximum atomic E-state index is 12.1. The summed E-state index contributed by atoms with van der Waals surface area (Å²) in [5.74, 6) is -0.394. The third-order valence-corrected chi connectivity index (χ3v) is 4.38. The van der Waals surface area contributed by atoms with E-state index in [-0.39, 0.29) is 12.2 Å². The summed E-state index contributed by atoms with van der Waals surface area (Å²) < 4.78 is 5.96. The Bertz CT molecular complexity index is 1150. The Morgan fingerprint density at radius 3 is 2.52 bits per heavy atom. The summed E-state index contributed by atoms with van der Waals surface area (Å²) in [4.78, 5) is 23.1. The highest BCUT2D eigenvalue weighted by atomic mass is 35.5. The van der Waals surface area contributed by atoms with Crippen LogP contribution in [0.1, 0.15) is 11.1 Å². The molecule has 144 valence electrons. The lowest BCUT2D eigenvalue weighted by atomic mass is 10.0. The first-order valence-electron chi connectivity index (χ1n) is 8.59. The van der Waals surface area contributed by atoms with Crippen molar-refractivity contribution >= 4 is 40.4 Å². The molecule has 3 aromatic rings. The Labute approximate surface area is 172 Å². The average Bonchev–Trinajstić information content (AvgIpc) is 2.71. The fraction of sp³-hybridized carbons (Fsp3) is 0.0455. The van der Waals surface area contributed by atoms with Crippen LogP contribution in [0, 0.1) is 11.3 Å². The molecule has 3 rings (SSSR count). The minimum Gasteiger partial charge on any atom is -0.488 e. The van der Waals surface area contributed by atoms with E-state index in [2.05, 4.69) is 0 Å². The number of ether oxygens (including phenoxy) is 1. The predicted octanol–water partition coefficient (Wildman–Crippen LogP) is 4.17. The van der Waals surface area contributed by atoms with Gasteiger partial charge >= 0.3 is 6.03 Å². The van der Waals surface area contributed by atoms with Crippen molar-refractivity contribution in [2.75, 3.05) is 0 Å². The van der Waals surface area contributed by atoms with Crippen LogP contribution in [0.15, 0.2) is 66.2 Å². The van der Waals surface area contributed by atoms with Crippen LogP contribution in [0.5, 0.6) is 5.75 Å². The first-order valence-corrected chi connectivity index (χ1v) is 8.97. The normalized spacial score (nSPS) is 11.0. The van der Waals surface area contributed by atoms with Gasteiger partial charge in [-0.25, -0.2) is 4.79 Å². The van der Waals surface area contributed by atoms with E-state index in [1.54, 1.807) is 24.3 Å². The number of hydrogen-bond acceptors (Lipinski definition) is 4. The third kappa shape index (κ3) is 4.92. The minimum absolute atomic E-state index is 0.267. The zero-order valence-electron chi connectivity index (χ0n) is 15.2. The predicted molar refractivity (Wildman–Crippen MR) is 111 cm³/mol. The van der Waals surface area contributed by atoms with Crippen molar-refractivity contribution < 1.29 is 14.3 Å². The molecule has 0 saturated carbocycles. The number of imide groups is 1. The van der Waals surface area contributed by atoms with Gasteiger partial charge in [0, 0.05) is 10.6 Å². The lowest BCUT2D eigenvalue weighted by Crippen LogP contribution is -2.35. The Morgan fingerprint density at radius 1 is 1.10 bits per heavy atom. The van der Waals surface area contributed by atoms with E-state index in [0.29, 0.717) is 16.3 Å². The van der Waals surface area contributed by atoms with Gasteiger partial charge in [-0.1, -0.05) is 54.1 Å². The van der Waals surface area contributed by atoms with Crippen molar-refractivity contribution in [3.05, 3.63) is 82.4 Å². The Morgan fingerprint density at radius 2 is 1.83 bits per heavy atom. The fourth-order valence-electron chi connectivity index (χ4n) is 2.76. The number of rotatable bonds is 5. The van der Waals surface area contributed by atoms with Crippen LogP contribution in [-0.2, 0) is 11.4 Å². The van der Waals surface area contributed by atoms with Crippen molar-refractivity contribution in [3.8, 4) is 11.8 Å². The molecule has 3 amide bonds. The number of halogens is 1. The molecule has 0 spiro atoms. The number of hydrogen-bond donors (Lipinski definition) is 2. The molecule has 0 aliphatic heterocycles. The molecule has 0 fully saturated rings. The number of benzene rings is 3. The number of amides is 3. The first-order chi connectivity index (χ1) is 14.0. The highest BCUT2D eigenvalue weighted by Gasteiger charge is 2.14. The van der Waals surface area contributed by atoms with Crippen LogP contribution in [0.4, 0.5) is 4.79 Å². The Balaban J connectivity index is 2.02. The highest BCUT2D eigenvalue weighted by Crippen LogP contribution is 2.31. The molecule has 3 N–H and O–H groups in total. The van der Waals surface area contributed by atoms with Crippen molar-refractivity contribution in [1.82, 2.24) is 5.32 Å². The molecule has 3 aromatic carbocycles. The molecule has 0 saturated heterocycles. The molecule has 0 heterocycles. The van der Waals surface area contributed by atoms with E-state index in [1.165, 1.54) is 6.08 Å². The molecule has 6 nitrogen and oxygen atoms in total. The van der Waals surface area contributed by atoms with Gasteiger partial charge < -0.3 is 10.5 Å². The Kier molecular flexibility index (Phi) is 6.12. The topological polar surface area (TPSA) is 105 Å². The molecule has 0 aliphatic rings. The summed E-state index contributed by atoms with van der Waals surface area (Å²) in [6.45, 7) is 0.270. The van der Waals surface area contributed by atoms with E-state index in [9.17, 15) is 14.9 Å². The van der Waals surface area contributed by atoms with Crippen LogP contribution in [0.25, 0.3) is 16.8 Å². The van der Waals surface area contributed by atoms with Crippen molar-refractivity contribution in [2.45, 2.75) is 6.61 Å². The monoisotopic (exact) mass is 405 g/mol. The molecule has 0 aromatic heterocycles. The van der Waals surface area contributed by atoms with E-state index >= 15 is 0 Å². The van der Waals surface area contributed by atoms with Crippen LogP contribution < -0.4 is 15.8 Å². The van der Waals surface area contributed by atoms with Crippen molar-refractivity contribution in [2.24, 2.45) is 5.73 Å². The number of nitrogens with two attached hydrogens (primary N) is 1. The van der Waals surface area contributed by atoms with E-state index in [0.717, 1.165) is 16.3 Å². The second kappa shape index (κ2) is 8.91. The molecule has 29 heavy (non-hydrogen) atoms. The molecular formula is C22H16ClN3O3. The molecule has 0 bridgehead atoms. The van der Waals surface area contributed by atoms with Crippen LogP contribution in [0.2, 0.25) is 5.02 Å². The van der Waals surface area contributed by atoms with Crippen LogP contribution >= 0.6 is 11.6 Å². The van der Waals surface area contributed by atoms with Gasteiger partial charge in [-0.2, -0.15) is 5.26 Å². The molecule has 7 heteroatoms. The summed E-state index contributed by atoms with van der Waals surface area (Å²) in [7, 11) is 0. The van der Waals surface area contributed by atoms with E-state index in [4.69, 9.17) is 22.1 Å². The summed E-state index contributed by atoms with van der Waals surface area (Å²) >= 11 is 5.91. The molecule has 0 atom stereocenters. The van der Waals surface area contributed by atoms with Gasteiger partial charge in [-0.15, -0.1) is 0 Å². The second-order valence-electron chi connectivity index (χ2n) is 6.10. The highest BCUT2D eigenvalue weighted by molar-refractivity contribution is 6.30. The summed E-state index contributed by atoms with van der Waals surface area (Å²) in [5, 5.41) is 13.6. The Hall–Kier alpha value is -3.82. The minimum atomic E-state index is -1.03. The van der Waals surface area contributed by atoms with Crippen molar-refractivity contribution in [3.63, 3.8) is 0 Å². The SMILES string of the molecule is N#C/C(=C/c1c(OCc2ccc(Cl)cc2)ccc2ccccc12)C(=O)NC(N)=O. The number of nitrogens with one attached hydrogen (secondary N) is 1. The maximum absolute atomic E-state index is 12.1. The lowest BCUT2D eigenvalue weighted by Gasteiger charge is -2.13. The van der Waals surface area contributed by atoms with Gasteiger partial charge in [0.25, 0.3) is 5.91 Å². The quantitative estimate of drug-likeness (QED) is 0.490. The summed E-state index contributed by atoms with van der Waals surface area (Å²) in [6, 6.07) is 19.1. The van der Waals surface area contributed by atoms with Crippen molar-refractivity contribution in [1.29, 1.82) is 5.26 Å². The number of fused-ring (bicyclic) bond motifs is 1. The molecule has 0 radical (unpaired) electrons. The summed E-state index contributed by atoms with van der Waals surface area (Å²) in [6.07, 6.45) is 1.39. The smallest absolute Gasteiger partial charge is 0.319 e. The van der Waals surface area contributed by atoms with Gasteiger partial charge in [0.1, 0.15) is 24.0 Å². The summed E-state index contributed by atoms with van der Waals surface area (Å²) in [5.41, 5.74) is 6.17. The standard InChI is InChI=1S/C22H16ClN3O3/c23-17-8-5-14(6-9-17)13-29-20-10-7-15-3-1-2-4-18(15)19(20)11-16(12-24)21(27)26-22(25)28/h1-11H,13H2,(H3,25,26,27,28)/b16-11-. The number of urea groups is 1. The fourth-order valence-corrected chi connectivity index (χ4v) is 2.89. The zero-order chi connectivity index (χ0) is 20.8.